The normalized spacial score (nSPS) is 11.6. The van der Waals surface area contributed by atoms with E-state index in [4.69, 9.17) is 11.6 Å². The Morgan fingerprint density at radius 1 is 1.05 bits per heavy atom. The molecule has 106 valence electrons. The van der Waals surface area contributed by atoms with Gasteiger partial charge in [0.05, 0.1) is 4.90 Å². The minimum atomic E-state index is -3.75. The van der Waals surface area contributed by atoms with E-state index in [1.807, 2.05) is 0 Å². The molecule has 2 rings (SSSR count). The van der Waals surface area contributed by atoms with Crippen LogP contribution in [0.5, 0.6) is 0 Å². The first kappa shape index (κ1) is 14.9. The zero-order valence-electron chi connectivity index (χ0n) is 10.1. The lowest BCUT2D eigenvalue weighted by atomic mass is 10.2. The van der Waals surface area contributed by atoms with Crippen LogP contribution in [0.1, 0.15) is 5.56 Å². The molecule has 0 aliphatic heterocycles. The lowest BCUT2D eigenvalue weighted by Gasteiger charge is -2.07. The summed E-state index contributed by atoms with van der Waals surface area (Å²) in [6.45, 7) is -0.147. The number of nitrogens with one attached hydrogen (secondary N) is 1. The molecule has 0 aliphatic carbocycles. The molecule has 0 aromatic heterocycles. The summed E-state index contributed by atoms with van der Waals surface area (Å²) < 4.78 is 52.0. The molecule has 1 N–H and O–H groups in total. The van der Waals surface area contributed by atoms with Crippen LogP contribution < -0.4 is 4.72 Å². The number of halogens is 3. The highest BCUT2D eigenvalue weighted by Crippen LogP contribution is 2.16. The fourth-order valence-electron chi connectivity index (χ4n) is 1.55. The molecule has 0 aliphatic rings. The van der Waals surface area contributed by atoms with E-state index in [0.29, 0.717) is 10.6 Å². The Morgan fingerprint density at radius 3 is 2.45 bits per heavy atom. The van der Waals surface area contributed by atoms with Crippen molar-refractivity contribution in [1.29, 1.82) is 0 Å². The molecule has 0 spiro atoms. The molecule has 0 saturated heterocycles. The van der Waals surface area contributed by atoms with Gasteiger partial charge in [0, 0.05) is 11.6 Å². The van der Waals surface area contributed by atoms with Crippen LogP contribution in [-0.2, 0) is 16.6 Å². The quantitative estimate of drug-likeness (QED) is 0.942. The molecule has 0 radical (unpaired) electrons. The van der Waals surface area contributed by atoms with Gasteiger partial charge < -0.3 is 0 Å². The number of sulfonamides is 1. The molecule has 0 bridgehead atoms. The molecule has 0 fully saturated rings. The van der Waals surface area contributed by atoms with Crippen LogP contribution >= 0.6 is 11.6 Å². The summed E-state index contributed by atoms with van der Waals surface area (Å²) in [5.41, 5.74) is 0.314. The van der Waals surface area contributed by atoms with Gasteiger partial charge >= 0.3 is 0 Å². The summed E-state index contributed by atoms with van der Waals surface area (Å²) >= 11 is 5.72. The van der Waals surface area contributed by atoms with Crippen molar-refractivity contribution in [2.24, 2.45) is 0 Å². The van der Waals surface area contributed by atoms with Crippen molar-refractivity contribution >= 4 is 21.6 Å². The summed E-state index contributed by atoms with van der Waals surface area (Å²) in [6.07, 6.45) is 0. The SMILES string of the molecule is O=S(=O)(NCc1ccc(F)c(F)c1)c1cccc(Cl)c1. The third-order valence-electron chi connectivity index (χ3n) is 2.56. The third kappa shape index (κ3) is 3.53. The molecule has 2 aromatic rings. The predicted molar refractivity (Wildman–Crippen MR) is 71.8 cm³/mol. The first-order valence-electron chi connectivity index (χ1n) is 5.58. The van der Waals surface area contributed by atoms with Gasteiger partial charge in [-0.25, -0.2) is 21.9 Å². The minimum Gasteiger partial charge on any atom is -0.207 e. The van der Waals surface area contributed by atoms with E-state index < -0.39 is 21.7 Å². The van der Waals surface area contributed by atoms with Crippen LogP contribution in [0.15, 0.2) is 47.4 Å². The van der Waals surface area contributed by atoms with E-state index in [0.717, 1.165) is 12.1 Å². The van der Waals surface area contributed by atoms with Crippen molar-refractivity contribution in [2.75, 3.05) is 0 Å². The summed E-state index contributed by atoms with van der Waals surface area (Å²) in [5, 5.41) is 0.292. The van der Waals surface area contributed by atoms with Crippen molar-refractivity contribution in [3.8, 4) is 0 Å². The van der Waals surface area contributed by atoms with Crippen LogP contribution in [0.2, 0.25) is 5.02 Å². The number of hydrogen-bond donors (Lipinski definition) is 1. The number of rotatable bonds is 4. The van der Waals surface area contributed by atoms with Crippen molar-refractivity contribution in [2.45, 2.75) is 11.4 Å². The lowest BCUT2D eigenvalue weighted by molar-refractivity contribution is 0.506. The highest BCUT2D eigenvalue weighted by Gasteiger charge is 2.14. The third-order valence-corrected chi connectivity index (χ3v) is 4.19. The van der Waals surface area contributed by atoms with Crippen molar-refractivity contribution in [3.05, 3.63) is 64.7 Å². The van der Waals surface area contributed by atoms with Crippen LogP contribution in [0, 0.1) is 11.6 Å². The number of benzene rings is 2. The van der Waals surface area contributed by atoms with Crippen molar-refractivity contribution in [1.82, 2.24) is 4.72 Å². The fraction of sp³-hybridized carbons (Fsp3) is 0.0769. The Balaban J connectivity index is 2.15. The topological polar surface area (TPSA) is 46.2 Å². The molecule has 0 unspecified atom stereocenters. The van der Waals surface area contributed by atoms with Crippen LogP contribution in [-0.4, -0.2) is 8.42 Å². The molecule has 20 heavy (non-hydrogen) atoms. The molecule has 0 amide bonds. The standard InChI is InChI=1S/C13H10ClF2NO2S/c14-10-2-1-3-11(7-10)20(18,19)17-8-9-4-5-12(15)13(16)6-9/h1-7,17H,8H2. The van der Waals surface area contributed by atoms with Crippen molar-refractivity contribution in [3.63, 3.8) is 0 Å². The maximum atomic E-state index is 13.0. The second kappa shape index (κ2) is 5.87. The molecule has 0 heterocycles. The molecule has 3 nitrogen and oxygen atoms in total. The molecule has 0 atom stereocenters. The smallest absolute Gasteiger partial charge is 0.207 e. The Labute approximate surface area is 120 Å². The van der Waals surface area contributed by atoms with Gasteiger partial charge in [-0.1, -0.05) is 23.7 Å². The lowest BCUT2D eigenvalue weighted by Crippen LogP contribution is -2.23. The Morgan fingerprint density at radius 2 is 1.80 bits per heavy atom. The van der Waals surface area contributed by atoms with E-state index in [2.05, 4.69) is 4.72 Å². The van der Waals surface area contributed by atoms with Gasteiger partial charge in [-0.15, -0.1) is 0 Å². The maximum absolute atomic E-state index is 13.0. The highest BCUT2D eigenvalue weighted by molar-refractivity contribution is 7.89. The zero-order valence-corrected chi connectivity index (χ0v) is 11.7. The van der Waals surface area contributed by atoms with Gasteiger partial charge in [0.15, 0.2) is 11.6 Å². The largest absolute Gasteiger partial charge is 0.240 e. The van der Waals surface area contributed by atoms with Gasteiger partial charge in [-0.3, -0.25) is 0 Å². The molecule has 2 aromatic carbocycles. The first-order valence-corrected chi connectivity index (χ1v) is 7.44. The minimum absolute atomic E-state index is 0.00702. The van der Waals surface area contributed by atoms with Crippen LogP contribution in [0.3, 0.4) is 0 Å². The summed E-state index contributed by atoms with van der Waals surface area (Å²) in [7, 11) is -3.75. The van der Waals surface area contributed by atoms with E-state index in [1.54, 1.807) is 6.07 Å². The summed E-state index contributed by atoms with van der Waals surface area (Å²) in [4.78, 5) is 0.00702. The van der Waals surface area contributed by atoms with Gasteiger partial charge in [-0.2, -0.15) is 0 Å². The van der Waals surface area contributed by atoms with Crippen molar-refractivity contribution < 1.29 is 17.2 Å². The van der Waals surface area contributed by atoms with Gasteiger partial charge in [0.25, 0.3) is 0 Å². The molecular formula is C13H10ClF2NO2S. The maximum Gasteiger partial charge on any atom is 0.240 e. The van der Waals surface area contributed by atoms with Gasteiger partial charge in [0.1, 0.15) is 0 Å². The average molecular weight is 318 g/mol. The van der Waals surface area contributed by atoms with Gasteiger partial charge in [-0.05, 0) is 35.9 Å². The fourth-order valence-corrected chi connectivity index (χ4v) is 2.86. The second-order valence-electron chi connectivity index (χ2n) is 4.03. The second-order valence-corrected chi connectivity index (χ2v) is 6.23. The predicted octanol–water partition coefficient (Wildman–Crippen LogP) is 3.10. The van der Waals surface area contributed by atoms with E-state index in [-0.39, 0.29) is 11.4 Å². The summed E-state index contributed by atoms with van der Waals surface area (Å²) in [5.74, 6) is -2.00. The first-order chi connectivity index (χ1) is 9.38. The van der Waals surface area contributed by atoms with E-state index in [9.17, 15) is 17.2 Å². The van der Waals surface area contributed by atoms with Crippen LogP contribution in [0.4, 0.5) is 8.78 Å². The zero-order chi connectivity index (χ0) is 14.8. The highest BCUT2D eigenvalue weighted by atomic mass is 35.5. The number of hydrogen-bond acceptors (Lipinski definition) is 2. The summed E-state index contributed by atoms with van der Waals surface area (Å²) in [6, 6.07) is 8.94. The van der Waals surface area contributed by atoms with Gasteiger partial charge in [0.2, 0.25) is 10.0 Å². The Hall–Kier alpha value is -1.50. The Bertz CT molecular complexity index is 735. The molecule has 7 heteroatoms. The average Bonchev–Trinajstić information content (AvgIpc) is 2.40. The van der Waals surface area contributed by atoms with Crippen LogP contribution in [0.25, 0.3) is 0 Å². The molecular weight excluding hydrogens is 308 g/mol. The monoisotopic (exact) mass is 317 g/mol. The Kier molecular flexibility index (Phi) is 4.37. The van der Waals surface area contributed by atoms with E-state index >= 15 is 0 Å². The van der Waals surface area contributed by atoms with E-state index in [1.165, 1.54) is 24.3 Å². The molecule has 0 saturated carbocycles.